The molecule has 2 N–H and O–H groups in total. The monoisotopic (exact) mass is 310 g/mol. The van der Waals surface area contributed by atoms with Gasteiger partial charge in [-0.2, -0.15) is 10.3 Å². The molecule has 0 heterocycles. The highest BCUT2D eigenvalue weighted by molar-refractivity contribution is 5.67. The number of ether oxygens (including phenoxy) is 1. The Morgan fingerprint density at radius 2 is 2.09 bits per heavy atom. The van der Waals surface area contributed by atoms with E-state index in [4.69, 9.17) is 15.1 Å². The van der Waals surface area contributed by atoms with E-state index >= 15 is 0 Å². The lowest BCUT2D eigenvalue weighted by atomic mass is 10.0. The number of hydrogen-bond donors (Lipinski definition) is 2. The van der Waals surface area contributed by atoms with Gasteiger partial charge in [0.15, 0.2) is 0 Å². The molecule has 7 heteroatoms. The number of benzene rings is 1. The van der Waals surface area contributed by atoms with Crippen LogP contribution in [0.2, 0.25) is 0 Å². The van der Waals surface area contributed by atoms with Crippen molar-refractivity contribution in [2.45, 2.75) is 38.8 Å². The van der Waals surface area contributed by atoms with Crippen LogP contribution in [0.1, 0.15) is 44.4 Å². The fourth-order valence-electron chi connectivity index (χ4n) is 1.86. The molecule has 1 amide bonds. The first-order valence-corrected chi connectivity index (χ1v) is 6.70. The van der Waals surface area contributed by atoms with Crippen LogP contribution in [0.4, 0.5) is 9.18 Å². The molecule has 0 aliphatic rings. The number of rotatable bonds is 4. The third-order valence-corrected chi connectivity index (χ3v) is 2.71. The Morgan fingerprint density at radius 1 is 1.45 bits per heavy atom. The van der Waals surface area contributed by atoms with Crippen molar-refractivity contribution in [3.05, 3.63) is 35.1 Å². The Kier molecular flexibility index (Phi) is 5.85. The molecule has 0 saturated carbocycles. The van der Waals surface area contributed by atoms with E-state index in [-0.39, 0.29) is 24.2 Å². The molecule has 0 aliphatic carbocycles. The van der Waals surface area contributed by atoms with Crippen molar-refractivity contribution in [2.24, 2.45) is 0 Å². The predicted octanol–water partition coefficient (Wildman–Crippen LogP) is 2.75. The van der Waals surface area contributed by atoms with Crippen LogP contribution in [0.25, 0.3) is 0 Å². The smallest absolute Gasteiger partial charge is 0.434 e. The number of amides is 1. The molecule has 0 spiro atoms. The molecule has 0 aliphatic heterocycles. The number of carbonyl (C=O) groups is 1. The van der Waals surface area contributed by atoms with Crippen LogP contribution in [-0.2, 0) is 4.74 Å². The molecule has 0 unspecified atom stereocenters. The first-order chi connectivity index (χ1) is 10.2. The fraction of sp³-hybridized carbons (Fsp3) is 0.467. The predicted molar refractivity (Wildman–Crippen MR) is 75.4 cm³/mol. The lowest BCUT2D eigenvalue weighted by Crippen LogP contribution is -2.37. The second-order valence-corrected chi connectivity index (χ2v) is 5.74. The van der Waals surface area contributed by atoms with Gasteiger partial charge in [0.05, 0.1) is 17.7 Å². The molecule has 1 aromatic carbocycles. The summed E-state index contributed by atoms with van der Waals surface area (Å²) in [5, 5.41) is 28.3. The van der Waals surface area contributed by atoms with Gasteiger partial charge in [-0.15, -0.1) is 0 Å². The van der Waals surface area contributed by atoms with Gasteiger partial charge in [0.25, 0.3) is 0 Å². The average molecular weight is 310 g/mol. The van der Waals surface area contributed by atoms with Gasteiger partial charge in [0, 0.05) is 6.61 Å². The summed E-state index contributed by atoms with van der Waals surface area (Å²) in [5.41, 5.74) is -0.573. The van der Waals surface area contributed by atoms with Crippen molar-refractivity contribution in [1.82, 2.24) is 5.06 Å². The van der Waals surface area contributed by atoms with E-state index in [0.717, 1.165) is 12.1 Å². The summed E-state index contributed by atoms with van der Waals surface area (Å²) in [7, 11) is 0. The van der Waals surface area contributed by atoms with Gasteiger partial charge in [-0.25, -0.2) is 9.18 Å². The maximum Gasteiger partial charge on any atom is 0.434 e. The second kappa shape index (κ2) is 7.20. The highest BCUT2D eigenvalue weighted by Gasteiger charge is 2.28. The van der Waals surface area contributed by atoms with Crippen molar-refractivity contribution in [3.63, 3.8) is 0 Å². The number of carbonyl (C=O) groups excluding carboxylic acids is 1. The van der Waals surface area contributed by atoms with Gasteiger partial charge in [0.1, 0.15) is 11.4 Å². The Balaban J connectivity index is 3.10. The van der Waals surface area contributed by atoms with Crippen molar-refractivity contribution in [1.29, 1.82) is 5.26 Å². The van der Waals surface area contributed by atoms with Crippen molar-refractivity contribution >= 4 is 6.09 Å². The molecule has 0 fully saturated rings. The number of aliphatic hydroxyl groups excluding tert-OH is 1. The minimum Gasteiger partial charge on any atom is -0.442 e. The largest absolute Gasteiger partial charge is 0.442 e. The highest BCUT2D eigenvalue weighted by Crippen LogP contribution is 2.26. The van der Waals surface area contributed by atoms with Gasteiger partial charge in [-0.1, -0.05) is 0 Å². The van der Waals surface area contributed by atoms with E-state index < -0.39 is 23.6 Å². The first kappa shape index (κ1) is 17.9. The lowest BCUT2D eigenvalue weighted by molar-refractivity contribution is -0.125. The van der Waals surface area contributed by atoms with Gasteiger partial charge in [-0.3, -0.25) is 5.21 Å². The van der Waals surface area contributed by atoms with Crippen molar-refractivity contribution in [3.8, 4) is 6.07 Å². The van der Waals surface area contributed by atoms with Crippen molar-refractivity contribution < 1.29 is 24.2 Å². The maximum atomic E-state index is 13.5. The summed E-state index contributed by atoms with van der Waals surface area (Å²) in [6.07, 6.45) is -1.06. The molecule has 120 valence electrons. The SMILES string of the molecule is CC(C)(C)OC(=O)N(O)[C@@H](CCO)c1cc(F)cc(C#N)c1. The van der Waals surface area contributed by atoms with Crippen LogP contribution in [-0.4, -0.2) is 33.7 Å². The number of nitrogens with zero attached hydrogens (tertiary/aromatic N) is 2. The number of nitriles is 1. The molecule has 1 rings (SSSR count). The third-order valence-electron chi connectivity index (χ3n) is 2.71. The average Bonchev–Trinajstić information content (AvgIpc) is 2.41. The molecule has 0 radical (unpaired) electrons. The van der Waals surface area contributed by atoms with E-state index in [2.05, 4.69) is 0 Å². The van der Waals surface area contributed by atoms with Crippen LogP contribution >= 0.6 is 0 Å². The molecule has 1 aromatic rings. The summed E-state index contributed by atoms with van der Waals surface area (Å²) in [6.45, 7) is 4.56. The molecule has 0 aromatic heterocycles. The molecule has 1 atom stereocenters. The van der Waals surface area contributed by atoms with Crippen LogP contribution < -0.4 is 0 Å². The minimum atomic E-state index is -1.03. The van der Waals surface area contributed by atoms with Crippen LogP contribution in [0.5, 0.6) is 0 Å². The lowest BCUT2D eigenvalue weighted by Gasteiger charge is -2.29. The number of hydrogen-bond acceptors (Lipinski definition) is 5. The Bertz CT molecular complexity index is 578. The molecule has 6 nitrogen and oxygen atoms in total. The summed E-state index contributed by atoms with van der Waals surface area (Å²) in [6, 6.07) is 4.24. The van der Waals surface area contributed by atoms with Crippen molar-refractivity contribution in [2.75, 3.05) is 6.61 Å². The maximum absolute atomic E-state index is 13.5. The van der Waals surface area contributed by atoms with E-state index in [1.807, 2.05) is 0 Å². The Labute approximate surface area is 128 Å². The van der Waals surface area contributed by atoms with E-state index in [1.54, 1.807) is 26.8 Å². The molecule has 0 bridgehead atoms. The number of aliphatic hydroxyl groups is 1. The second-order valence-electron chi connectivity index (χ2n) is 5.74. The summed E-state index contributed by atoms with van der Waals surface area (Å²) in [4.78, 5) is 11.9. The molecular weight excluding hydrogens is 291 g/mol. The summed E-state index contributed by atoms with van der Waals surface area (Å²) < 4.78 is 18.6. The van der Waals surface area contributed by atoms with Crippen LogP contribution in [0.3, 0.4) is 0 Å². The zero-order valence-corrected chi connectivity index (χ0v) is 12.7. The van der Waals surface area contributed by atoms with Gasteiger partial charge < -0.3 is 9.84 Å². The van der Waals surface area contributed by atoms with Crippen LogP contribution in [0.15, 0.2) is 18.2 Å². The van der Waals surface area contributed by atoms with Gasteiger partial charge >= 0.3 is 6.09 Å². The molecule has 0 saturated heterocycles. The Morgan fingerprint density at radius 3 is 2.59 bits per heavy atom. The van der Waals surface area contributed by atoms with Gasteiger partial charge in [-0.05, 0) is 51.0 Å². The molecule has 22 heavy (non-hydrogen) atoms. The van der Waals surface area contributed by atoms with E-state index in [1.165, 1.54) is 6.07 Å². The first-order valence-electron chi connectivity index (χ1n) is 6.70. The zero-order valence-electron chi connectivity index (χ0n) is 12.7. The third kappa shape index (κ3) is 4.98. The Hall–Kier alpha value is -2.17. The number of halogens is 1. The zero-order chi connectivity index (χ0) is 16.9. The standard InChI is InChI=1S/C15H19FN2O4/c1-15(2,3)22-14(20)18(21)13(4-5-19)11-6-10(9-17)7-12(16)8-11/h6-8,13,19,21H,4-5H2,1-3H3/t13-/m0/s1. The normalized spacial score (nSPS) is 12.4. The highest BCUT2D eigenvalue weighted by atomic mass is 19.1. The summed E-state index contributed by atoms with van der Waals surface area (Å²) in [5.74, 6) is -0.672. The number of hydroxylamine groups is 2. The quantitative estimate of drug-likeness (QED) is 0.659. The molecular formula is C15H19FN2O4. The van der Waals surface area contributed by atoms with E-state index in [9.17, 15) is 14.4 Å². The fourth-order valence-corrected chi connectivity index (χ4v) is 1.86. The van der Waals surface area contributed by atoms with E-state index in [0.29, 0.717) is 5.06 Å². The minimum absolute atomic E-state index is 0.0376. The van der Waals surface area contributed by atoms with Crippen LogP contribution in [0, 0.1) is 17.1 Å². The topological polar surface area (TPSA) is 93.8 Å². The summed E-state index contributed by atoms with van der Waals surface area (Å²) >= 11 is 0. The van der Waals surface area contributed by atoms with Gasteiger partial charge in [0.2, 0.25) is 0 Å².